The fourth-order valence-corrected chi connectivity index (χ4v) is 3.42. The molecule has 88 valence electrons. The maximum atomic E-state index is 5.40. The molecule has 1 nitrogen and oxygen atoms in total. The number of piperidine rings is 1. The second-order valence-corrected chi connectivity index (χ2v) is 5.25. The first-order valence-electron chi connectivity index (χ1n) is 6.71. The predicted octanol–water partition coefficient (Wildman–Crippen LogP) is 3.36. The molecule has 2 heterocycles. The lowest BCUT2D eigenvalue weighted by atomic mass is 10.0. The van der Waals surface area contributed by atoms with Crippen molar-refractivity contribution in [2.24, 2.45) is 0 Å². The van der Waals surface area contributed by atoms with Crippen molar-refractivity contribution >= 4 is 0 Å². The summed E-state index contributed by atoms with van der Waals surface area (Å²) >= 11 is 0. The third-order valence-electron chi connectivity index (χ3n) is 4.31. The molecule has 0 amide bonds. The van der Waals surface area contributed by atoms with Gasteiger partial charge in [-0.1, -0.05) is 24.5 Å². The van der Waals surface area contributed by atoms with Crippen molar-refractivity contribution < 1.29 is 0 Å². The number of rotatable bonds is 1. The van der Waals surface area contributed by atoms with Gasteiger partial charge in [-0.15, -0.1) is 6.42 Å². The Balaban J connectivity index is 1.81. The molecule has 1 aromatic carbocycles. The third-order valence-corrected chi connectivity index (χ3v) is 4.31. The van der Waals surface area contributed by atoms with Gasteiger partial charge in [0.25, 0.3) is 0 Å². The van der Waals surface area contributed by atoms with E-state index in [4.69, 9.17) is 6.42 Å². The summed E-state index contributed by atoms with van der Waals surface area (Å²) in [5.41, 5.74) is 2.44. The average molecular weight is 225 g/mol. The Labute approximate surface area is 104 Å². The van der Waals surface area contributed by atoms with Crippen molar-refractivity contribution in [2.45, 2.75) is 44.2 Å². The summed E-state index contributed by atoms with van der Waals surface area (Å²) in [6, 6.07) is 10.1. The summed E-state index contributed by atoms with van der Waals surface area (Å²) in [6.45, 7) is 1.28. The lowest BCUT2D eigenvalue weighted by Gasteiger charge is -2.34. The van der Waals surface area contributed by atoms with Gasteiger partial charge in [-0.2, -0.15) is 0 Å². The van der Waals surface area contributed by atoms with Gasteiger partial charge in [0.05, 0.1) is 0 Å². The van der Waals surface area contributed by atoms with Gasteiger partial charge in [-0.25, -0.2) is 0 Å². The van der Waals surface area contributed by atoms with Crippen LogP contribution in [0.1, 0.15) is 49.3 Å². The van der Waals surface area contributed by atoms with Gasteiger partial charge in [0.2, 0.25) is 0 Å². The highest BCUT2D eigenvalue weighted by Gasteiger charge is 2.35. The van der Waals surface area contributed by atoms with Crippen LogP contribution < -0.4 is 0 Å². The van der Waals surface area contributed by atoms with E-state index >= 15 is 0 Å². The zero-order chi connectivity index (χ0) is 11.7. The van der Waals surface area contributed by atoms with Crippen molar-refractivity contribution in [3.05, 3.63) is 35.4 Å². The van der Waals surface area contributed by atoms with Crippen molar-refractivity contribution in [3.63, 3.8) is 0 Å². The molecule has 2 aliphatic heterocycles. The Kier molecular flexibility index (Phi) is 2.91. The number of hydrogen-bond donors (Lipinski definition) is 0. The van der Waals surface area contributed by atoms with Gasteiger partial charge < -0.3 is 0 Å². The van der Waals surface area contributed by atoms with Crippen LogP contribution in [-0.4, -0.2) is 17.5 Å². The maximum absolute atomic E-state index is 5.40. The highest BCUT2D eigenvalue weighted by molar-refractivity contribution is 5.35. The molecule has 2 fully saturated rings. The van der Waals surface area contributed by atoms with E-state index in [2.05, 4.69) is 35.1 Å². The van der Waals surface area contributed by atoms with Gasteiger partial charge >= 0.3 is 0 Å². The van der Waals surface area contributed by atoms with Crippen molar-refractivity contribution in [2.75, 3.05) is 6.54 Å². The third kappa shape index (κ3) is 1.98. The molecule has 2 atom stereocenters. The molecular weight excluding hydrogens is 206 g/mol. The van der Waals surface area contributed by atoms with Crippen LogP contribution in [0.2, 0.25) is 0 Å². The lowest BCUT2D eigenvalue weighted by Crippen LogP contribution is -2.35. The zero-order valence-electron chi connectivity index (χ0n) is 10.2. The number of hydrogen-bond acceptors (Lipinski definition) is 1. The molecule has 0 aliphatic carbocycles. The number of fused-ring (bicyclic) bond motifs is 1. The molecule has 0 N–H and O–H groups in total. The largest absolute Gasteiger partial charge is 0.293 e. The van der Waals surface area contributed by atoms with Crippen LogP contribution in [0, 0.1) is 12.3 Å². The second-order valence-electron chi connectivity index (χ2n) is 5.25. The standard InChI is InChI=1S/C16H19N/c1-2-13-6-8-14(9-7-13)16-11-10-15-5-3-4-12-17(15)16/h1,6-9,15-16H,3-5,10-12H2/t15-,16-/m1/s1. The topological polar surface area (TPSA) is 3.24 Å². The summed E-state index contributed by atoms with van der Waals surface area (Å²) in [5, 5.41) is 0. The molecule has 1 heteroatoms. The number of nitrogens with zero attached hydrogens (tertiary/aromatic N) is 1. The van der Waals surface area contributed by atoms with E-state index in [-0.39, 0.29) is 0 Å². The molecule has 2 saturated heterocycles. The van der Waals surface area contributed by atoms with Crippen molar-refractivity contribution in [3.8, 4) is 12.3 Å². The first-order chi connectivity index (χ1) is 8.38. The highest BCUT2D eigenvalue weighted by Crippen LogP contribution is 2.40. The summed E-state index contributed by atoms with van der Waals surface area (Å²) in [6.07, 6.45) is 12.3. The van der Waals surface area contributed by atoms with Crippen LogP contribution >= 0.6 is 0 Å². The van der Waals surface area contributed by atoms with Crippen molar-refractivity contribution in [1.29, 1.82) is 0 Å². The van der Waals surface area contributed by atoms with Gasteiger partial charge in [0.15, 0.2) is 0 Å². The monoisotopic (exact) mass is 225 g/mol. The molecule has 0 aromatic heterocycles. The van der Waals surface area contributed by atoms with Crippen LogP contribution in [0.4, 0.5) is 0 Å². The Hall–Kier alpha value is -1.26. The average Bonchev–Trinajstić information content (AvgIpc) is 2.83. The minimum Gasteiger partial charge on any atom is -0.293 e. The van der Waals surface area contributed by atoms with Crippen molar-refractivity contribution in [1.82, 2.24) is 4.90 Å². The van der Waals surface area contributed by atoms with Crippen LogP contribution in [0.5, 0.6) is 0 Å². The Morgan fingerprint density at radius 2 is 1.88 bits per heavy atom. The van der Waals surface area contributed by atoms with Crippen LogP contribution in [0.3, 0.4) is 0 Å². The van der Waals surface area contributed by atoms with Gasteiger partial charge in [0.1, 0.15) is 0 Å². The van der Waals surface area contributed by atoms with E-state index in [0.717, 1.165) is 11.6 Å². The van der Waals surface area contributed by atoms with E-state index in [1.54, 1.807) is 0 Å². The second kappa shape index (κ2) is 4.55. The zero-order valence-corrected chi connectivity index (χ0v) is 10.2. The summed E-state index contributed by atoms with van der Waals surface area (Å²) in [7, 11) is 0. The molecule has 0 spiro atoms. The Bertz CT molecular complexity index is 426. The SMILES string of the molecule is C#Cc1ccc([C@H]2CC[C@H]3CCCCN32)cc1. The van der Waals surface area contributed by atoms with Crippen LogP contribution in [-0.2, 0) is 0 Å². The number of benzene rings is 1. The Morgan fingerprint density at radius 1 is 1.06 bits per heavy atom. The molecule has 2 aliphatic rings. The fraction of sp³-hybridized carbons (Fsp3) is 0.500. The Morgan fingerprint density at radius 3 is 2.65 bits per heavy atom. The quantitative estimate of drug-likeness (QED) is 0.662. The molecule has 0 radical (unpaired) electrons. The first kappa shape index (κ1) is 10.9. The smallest absolute Gasteiger partial charge is 0.0351 e. The molecule has 1 aromatic rings. The van der Waals surface area contributed by atoms with E-state index < -0.39 is 0 Å². The van der Waals surface area contributed by atoms with Gasteiger partial charge in [-0.3, -0.25) is 4.90 Å². The van der Waals surface area contributed by atoms with E-state index in [1.807, 2.05) is 0 Å². The summed E-state index contributed by atoms with van der Waals surface area (Å²) in [4.78, 5) is 2.72. The molecule has 0 unspecified atom stereocenters. The number of terminal acetylenes is 1. The van der Waals surface area contributed by atoms with Gasteiger partial charge in [-0.05, 0) is 49.9 Å². The molecule has 0 bridgehead atoms. The predicted molar refractivity (Wildman–Crippen MR) is 70.7 cm³/mol. The lowest BCUT2D eigenvalue weighted by molar-refractivity contribution is 0.150. The maximum Gasteiger partial charge on any atom is 0.0351 e. The molecule has 17 heavy (non-hydrogen) atoms. The van der Waals surface area contributed by atoms with E-state index in [9.17, 15) is 0 Å². The fourth-order valence-electron chi connectivity index (χ4n) is 3.42. The van der Waals surface area contributed by atoms with Gasteiger partial charge in [0, 0.05) is 17.6 Å². The molecule has 0 saturated carbocycles. The summed E-state index contributed by atoms with van der Waals surface area (Å²) < 4.78 is 0. The first-order valence-corrected chi connectivity index (χ1v) is 6.71. The minimum absolute atomic E-state index is 0.645. The normalized spacial score (nSPS) is 28.6. The summed E-state index contributed by atoms with van der Waals surface area (Å²) in [5.74, 6) is 2.69. The van der Waals surface area contributed by atoms with Crippen LogP contribution in [0.15, 0.2) is 24.3 Å². The highest BCUT2D eigenvalue weighted by atomic mass is 15.2. The van der Waals surface area contributed by atoms with Crippen LogP contribution in [0.25, 0.3) is 0 Å². The molecule has 3 rings (SSSR count). The van der Waals surface area contributed by atoms with E-state index in [0.29, 0.717) is 6.04 Å². The van der Waals surface area contributed by atoms with E-state index in [1.165, 1.54) is 44.2 Å². The minimum atomic E-state index is 0.645. The molecular formula is C16H19N.